The summed E-state index contributed by atoms with van der Waals surface area (Å²) in [4.78, 5) is 31.4. The molecule has 0 atom stereocenters. The average molecular weight is 420 g/mol. The molecule has 4 aromatic rings. The minimum Gasteiger partial charge on any atom is -0.467 e. The number of amides is 1. The fourth-order valence-electron chi connectivity index (χ4n) is 3.25. The second-order valence-electron chi connectivity index (χ2n) is 6.91. The molecule has 3 aromatic heterocycles. The molecular weight excluding hydrogens is 398 g/mol. The van der Waals surface area contributed by atoms with Crippen LogP contribution in [0.2, 0.25) is 0 Å². The van der Waals surface area contributed by atoms with Gasteiger partial charge in [-0.3, -0.25) is 14.6 Å². The van der Waals surface area contributed by atoms with Gasteiger partial charge in [0.25, 0.3) is 11.5 Å². The molecule has 0 bridgehead atoms. The van der Waals surface area contributed by atoms with Crippen molar-refractivity contribution in [2.24, 2.45) is 0 Å². The van der Waals surface area contributed by atoms with Crippen molar-refractivity contribution in [1.29, 1.82) is 0 Å². The number of nitrogens with one attached hydrogen (secondary N) is 1. The van der Waals surface area contributed by atoms with Crippen LogP contribution in [0.3, 0.4) is 0 Å². The molecule has 0 spiro atoms. The smallest absolute Gasteiger partial charge is 0.260 e. The second-order valence-corrected chi connectivity index (χ2v) is 7.79. The maximum atomic E-state index is 12.9. The van der Waals surface area contributed by atoms with Gasteiger partial charge in [0.05, 0.1) is 35.0 Å². The van der Waals surface area contributed by atoms with Gasteiger partial charge in [0.1, 0.15) is 5.76 Å². The number of hydrogen-bond donors (Lipinski definition) is 1. The van der Waals surface area contributed by atoms with E-state index in [-0.39, 0.29) is 11.5 Å². The first-order valence-corrected chi connectivity index (χ1v) is 10.7. The highest BCUT2D eigenvalue weighted by Gasteiger charge is 2.14. The van der Waals surface area contributed by atoms with E-state index < -0.39 is 0 Å². The van der Waals surface area contributed by atoms with Crippen LogP contribution < -0.4 is 10.9 Å². The van der Waals surface area contributed by atoms with E-state index in [4.69, 9.17) is 4.42 Å². The Morgan fingerprint density at radius 3 is 2.70 bits per heavy atom. The van der Waals surface area contributed by atoms with E-state index >= 15 is 0 Å². The van der Waals surface area contributed by atoms with Gasteiger partial charge in [0.15, 0.2) is 0 Å². The van der Waals surface area contributed by atoms with Gasteiger partial charge >= 0.3 is 0 Å². The fourth-order valence-corrected chi connectivity index (χ4v) is 3.66. The lowest BCUT2D eigenvalue weighted by Gasteiger charge is -2.10. The van der Waals surface area contributed by atoms with Gasteiger partial charge in [-0.2, -0.15) is 0 Å². The minimum atomic E-state index is -0.253. The van der Waals surface area contributed by atoms with Crippen molar-refractivity contribution in [3.05, 3.63) is 93.9 Å². The van der Waals surface area contributed by atoms with Crippen LogP contribution >= 0.6 is 11.8 Å². The third-order valence-electron chi connectivity index (χ3n) is 4.91. The summed E-state index contributed by atoms with van der Waals surface area (Å²) < 4.78 is 6.88. The van der Waals surface area contributed by atoms with Gasteiger partial charge in [0.2, 0.25) is 0 Å². The number of benzene rings is 1. The summed E-state index contributed by atoms with van der Waals surface area (Å²) in [5.41, 5.74) is 2.35. The molecule has 4 rings (SSSR count). The molecule has 0 saturated carbocycles. The zero-order valence-electron chi connectivity index (χ0n) is 16.7. The largest absolute Gasteiger partial charge is 0.467 e. The Morgan fingerprint density at radius 1 is 1.20 bits per heavy atom. The fraction of sp³-hybridized carbons (Fsp3) is 0.174. The topological polar surface area (TPSA) is 77.1 Å². The molecule has 1 amide bonds. The summed E-state index contributed by atoms with van der Waals surface area (Å²) in [5.74, 6) is 0.429. The summed E-state index contributed by atoms with van der Waals surface area (Å²) in [6, 6.07) is 15.0. The zero-order valence-corrected chi connectivity index (χ0v) is 17.5. The molecule has 0 aliphatic carbocycles. The third-order valence-corrected chi connectivity index (χ3v) is 5.65. The summed E-state index contributed by atoms with van der Waals surface area (Å²) >= 11 is 1.67. The number of nitrogens with zero attached hydrogens (tertiary/aromatic N) is 2. The van der Waals surface area contributed by atoms with Crippen LogP contribution in [0.1, 0.15) is 27.4 Å². The van der Waals surface area contributed by atoms with Gasteiger partial charge < -0.3 is 14.3 Å². The number of carbonyl (C=O) groups excluding carboxylic acids is 1. The predicted molar refractivity (Wildman–Crippen MR) is 118 cm³/mol. The standard InChI is InChI=1S/C23H21N3O3S/c1-15-19(22(27)24-13-16-5-7-18(30-2)8-6-16)12-20-21(25-15)9-10-26(23(20)28)14-17-4-3-11-29-17/h3-12H,13-14H2,1-2H3,(H,24,27). The Balaban J connectivity index is 1.59. The lowest BCUT2D eigenvalue weighted by Crippen LogP contribution is -2.25. The summed E-state index contributed by atoms with van der Waals surface area (Å²) in [6.07, 6.45) is 5.29. The van der Waals surface area contributed by atoms with Crippen molar-refractivity contribution >= 4 is 28.6 Å². The number of furan rings is 1. The minimum absolute atomic E-state index is 0.210. The molecule has 152 valence electrons. The SMILES string of the molecule is CSc1ccc(CNC(=O)c2cc3c(=O)n(Cc4ccco4)ccc3nc2C)cc1. The number of rotatable bonds is 6. The maximum Gasteiger partial charge on any atom is 0.260 e. The van der Waals surface area contributed by atoms with Gasteiger partial charge in [-0.05, 0) is 55.1 Å². The van der Waals surface area contributed by atoms with Crippen LogP contribution in [0.15, 0.2) is 75.1 Å². The normalized spacial score (nSPS) is 11.0. The van der Waals surface area contributed by atoms with Crippen LogP contribution in [0, 0.1) is 6.92 Å². The lowest BCUT2D eigenvalue weighted by atomic mass is 10.1. The zero-order chi connectivity index (χ0) is 21.1. The molecule has 0 aliphatic heterocycles. The van der Waals surface area contributed by atoms with E-state index in [1.54, 1.807) is 53.9 Å². The van der Waals surface area contributed by atoms with E-state index in [2.05, 4.69) is 10.3 Å². The molecule has 0 aliphatic rings. The van der Waals surface area contributed by atoms with Gasteiger partial charge in [-0.25, -0.2) is 0 Å². The molecular formula is C23H21N3O3S. The highest BCUT2D eigenvalue weighted by atomic mass is 32.2. The maximum absolute atomic E-state index is 12.9. The number of aryl methyl sites for hydroxylation is 1. The molecule has 30 heavy (non-hydrogen) atoms. The van der Waals surface area contributed by atoms with Gasteiger partial charge in [0, 0.05) is 17.6 Å². The Bertz CT molecular complexity index is 1250. The summed E-state index contributed by atoms with van der Waals surface area (Å²) in [7, 11) is 0. The number of thioether (sulfide) groups is 1. The van der Waals surface area contributed by atoms with Gasteiger partial charge in [-0.1, -0.05) is 12.1 Å². The predicted octanol–water partition coefficient (Wildman–Crippen LogP) is 4.00. The molecule has 1 aromatic carbocycles. The van der Waals surface area contributed by atoms with Crippen LogP contribution in [0.25, 0.3) is 10.9 Å². The van der Waals surface area contributed by atoms with E-state index in [1.165, 1.54) is 4.90 Å². The first kappa shape index (κ1) is 20.0. The number of hydrogen-bond acceptors (Lipinski definition) is 5. The van der Waals surface area contributed by atoms with Crippen LogP contribution in [-0.4, -0.2) is 21.7 Å². The Kier molecular flexibility index (Phi) is 5.72. The van der Waals surface area contributed by atoms with Crippen molar-refractivity contribution in [3.8, 4) is 0 Å². The molecule has 0 saturated heterocycles. The number of pyridine rings is 2. The average Bonchev–Trinajstić information content (AvgIpc) is 3.27. The monoisotopic (exact) mass is 419 g/mol. The first-order chi connectivity index (χ1) is 14.5. The van der Waals surface area contributed by atoms with E-state index in [0.717, 1.165) is 5.56 Å². The Labute approximate surface area is 177 Å². The van der Waals surface area contributed by atoms with Crippen LogP contribution in [0.5, 0.6) is 0 Å². The van der Waals surface area contributed by atoms with E-state index in [0.29, 0.717) is 41.0 Å². The van der Waals surface area contributed by atoms with E-state index in [9.17, 15) is 9.59 Å². The number of fused-ring (bicyclic) bond motifs is 1. The third kappa shape index (κ3) is 4.16. The van der Waals surface area contributed by atoms with Crippen LogP contribution in [0.4, 0.5) is 0 Å². The second kappa shape index (κ2) is 8.59. The first-order valence-electron chi connectivity index (χ1n) is 9.49. The van der Waals surface area contributed by atoms with Crippen molar-refractivity contribution in [3.63, 3.8) is 0 Å². The summed E-state index contributed by atoms with van der Waals surface area (Å²) in [5, 5.41) is 3.33. The highest BCUT2D eigenvalue weighted by Crippen LogP contribution is 2.16. The molecule has 7 heteroatoms. The lowest BCUT2D eigenvalue weighted by molar-refractivity contribution is 0.0950. The van der Waals surface area contributed by atoms with Crippen LogP contribution in [-0.2, 0) is 13.1 Å². The molecule has 1 N–H and O–H groups in total. The van der Waals surface area contributed by atoms with Crippen molar-refractivity contribution in [1.82, 2.24) is 14.9 Å². The number of carbonyl (C=O) groups is 1. The summed E-state index contributed by atoms with van der Waals surface area (Å²) in [6.45, 7) is 2.50. The van der Waals surface area contributed by atoms with Gasteiger partial charge in [-0.15, -0.1) is 11.8 Å². The number of aromatic nitrogens is 2. The van der Waals surface area contributed by atoms with Crippen molar-refractivity contribution in [2.75, 3.05) is 6.26 Å². The van der Waals surface area contributed by atoms with Crippen molar-refractivity contribution in [2.45, 2.75) is 24.9 Å². The molecule has 0 unspecified atom stereocenters. The highest BCUT2D eigenvalue weighted by molar-refractivity contribution is 7.98. The molecule has 3 heterocycles. The Morgan fingerprint density at radius 2 is 2.00 bits per heavy atom. The quantitative estimate of drug-likeness (QED) is 0.478. The van der Waals surface area contributed by atoms with E-state index in [1.807, 2.05) is 36.6 Å². The van der Waals surface area contributed by atoms with Crippen molar-refractivity contribution < 1.29 is 9.21 Å². The molecule has 6 nitrogen and oxygen atoms in total. The molecule has 0 radical (unpaired) electrons. The Hall–Kier alpha value is -3.32. The molecule has 0 fully saturated rings.